The Morgan fingerprint density at radius 1 is 1.31 bits per heavy atom. The van der Waals surface area contributed by atoms with E-state index in [2.05, 4.69) is 49.0 Å². The second-order valence-electron chi connectivity index (χ2n) is 3.87. The molecule has 0 aliphatic carbocycles. The van der Waals surface area contributed by atoms with Gasteiger partial charge in [0.05, 0.1) is 0 Å². The molecule has 1 N–H and O–H groups in total. The molecule has 0 aliphatic rings. The van der Waals surface area contributed by atoms with E-state index in [4.69, 9.17) is 0 Å². The number of aromatic nitrogens is 1. The van der Waals surface area contributed by atoms with Crippen molar-refractivity contribution in [3.8, 4) is 0 Å². The molecule has 0 saturated carbocycles. The Bertz CT molecular complexity index is 308. The lowest BCUT2D eigenvalue weighted by molar-refractivity contribution is 0.594. The zero-order valence-electron chi connectivity index (χ0n) is 10.8. The summed E-state index contributed by atoms with van der Waals surface area (Å²) in [6.45, 7) is 11.6. The fraction of sp³-hybridized carbons (Fsp3) is 0.615. The van der Waals surface area contributed by atoms with Crippen LogP contribution in [0.4, 0.5) is 5.82 Å². The van der Waals surface area contributed by atoms with Crippen LogP contribution in [0.5, 0.6) is 0 Å². The van der Waals surface area contributed by atoms with Gasteiger partial charge >= 0.3 is 0 Å². The molecule has 0 aliphatic heterocycles. The molecule has 0 aromatic carbocycles. The Balaban J connectivity index is 2.98. The van der Waals surface area contributed by atoms with Gasteiger partial charge in [-0.25, -0.2) is 4.98 Å². The Morgan fingerprint density at radius 3 is 2.56 bits per heavy atom. The van der Waals surface area contributed by atoms with Crippen molar-refractivity contribution >= 4 is 5.82 Å². The summed E-state index contributed by atoms with van der Waals surface area (Å²) in [6, 6.07) is 4.53. The second kappa shape index (κ2) is 6.48. The van der Waals surface area contributed by atoms with E-state index in [9.17, 15) is 0 Å². The van der Waals surface area contributed by atoms with Crippen LogP contribution in [0.1, 0.15) is 39.3 Å². The highest BCUT2D eigenvalue weighted by Crippen LogP contribution is 2.23. The number of hydrogen-bond acceptors (Lipinski definition) is 3. The van der Waals surface area contributed by atoms with Crippen LogP contribution in [0.15, 0.2) is 18.3 Å². The lowest BCUT2D eigenvalue weighted by atomic mass is 10.1. The van der Waals surface area contributed by atoms with E-state index in [1.165, 1.54) is 5.56 Å². The first-order valence-electron chi connectivity index (χ1n) is 6.17. The molecule has 0 radical (unpaired) electrons. The highest BCUT2D eigenvalue weighted by Gasteiger charge is 2.13. The molecular formula is C13H23N3. The molecule has 1 rings (SSSR count). The topological polar surface area (TPSA) is 28.2 Å². The number of rotatable bonds is 6. The lowest BCUT2D eigenvalue weighted by Gasteiger charge is -2.25. The molecule has 1 heterocycles. The van der Waals surface area contributed by atoms with E-state index < -0.39 is 0 Å². The van der Waals surface area contributed by atoms with Crippen LogP contribution in [0.25, 0.3) is 0 Å². The predicted octanol–water partition coefficient (Wildman–Crippen LogP) is 2.60. The number of pyridine rings is 1. The summed E-state index contributed by atoms with van der Waals surface area (Å²) < 4.78 is 0. The molecule has 1 aromatic heterocycles. The van der Waals surface area contributed by atoms with Gasteiger partial charge in [-0.2, -0.15) is 0 Å². The van der Waals surface area contributed by atoms with E-state index in [1.807, 2.05) is 12.3 Å². The molecule has 16 heavy (non-hydrogen) atoms. The zero-order chi connectivity index (χ0) is 12.0. The maximum Gasteiger partial charge on any atom is 0.133 e. The van der Waals surface area contributed by atoms with E-state index in [1.54, 1.807) is 0 Å². The average molecular weight is 221 g/mol. The van der Waals surface area contributed by atoms with Gasteiger partial charge in [0.15, 0.2) is 0 Å². The van der Waals surface area contributed by atoms with Crippen LogP contribution >= 0.6 is 0 Å². The summed E-state index contributed by atoms with van der Waals surface area (Å²) in [5, 5.41) is 3.44. The summed E-state index contributed by atoms with van der Waals surface area (Å²) >= 11 is 0. The maximum atomic E-state index is 4.51. The third-order valence-corrected chi connectivity index (χ3v) is 2.86. The van der Waals surface area contributed by atoms with Crippen molar-refractivity contribution in [1.29, 1.82) is 0 Å². The van der Waals surface area contributed by atoms with Crippen LogP contribution in [0.2, 0.25) is 0 Å². The monoisotopic (exact) mass is 221 g/mol. The van der Waals surface area contributed by atoms with Crippen molar-refractivity contribution in [3.05, 3.63) is 23.9 Å². The predicted molar refractivity (Wildman–Crippen MR) is 69.9 cm³/mol. The molecule has 3 heteroatoms. The van der Waals surface area contributed by atoms with Gasteiger partial charge in [0.25, 0.3) is 0 Å². The van der Waals surface area contributed by atoms with Crippen molar-refractivity contribution < 1.29 is 0 Å². The fourth-order valence-corrected chi connectivity index (χ4v) is 1.95. The largest absolute Gasteiger partial charge is 0.357 e. The van der Waals surface area contributed by atoms with Gasteiger partial charge in [-0.05, 0) is 33.4 Å². The van der Waals surface area contributed by atoms with Crippen LogP contribution in [0.3, 0.4) is 0 Å². The van der Waals surface area contributed by atoms with E-state index in [-0.39, 0.29) is 0 Å². The Labute approximate surface area is 98.9 Å². The maximum absolute atomic E-state index is 4.51. The van der Waals surface area contributed by atoms with Crippen LogP contribution in [-0.4, -0.2) is 24.6 Å². The molecule has 1 atom stereocenters. The SMILES string of the molecule is CCNC(C)c1cccnc1N(CC)CC. The van der Waals surface area contributed by atoms with Gasteiger partial charge in [0, 0.05) is 30.9 Å². The first-order chi connectivity index (χ1) is 7.74. The summed E-state index contributed by atoms with van der Waals surface area (Å²) in [5.41, 5.74) is 1.29. The summed E-state index contributed by atoms with van der Waals surface area (Å²) in [7, 11) is 0. The Hall–Kier alpha value is -1.09. The summed E-state index contributed by atoms with van der Waals surface area (Å²) in [5.74, 6) is 1.11. The van der Waals surface area contributed by atoms with Gasteiger partial charge in [-0.1, -0.05) is 13.0 Å². The third kappa shape index (κ3) is 2.95. The van der Waals surface area contributed by atoms with Crippen molar-refractivity contribution in [2.45, 2.75) is 33.7 Å². The molecule has 0 saturated heterocycles. The van der Waals surface area contributed by atoms with Gasteiger partial charge in [0.1, 0.15) is 5.82 Å². The van der Waals surface area contributed by atoms with Gasteiger partial charge < -0.3 is 10.2 Å². The van der Waals surface area contributed by atoms with Crippen molar-refractivity contribution in [1.82, 2.24) is 10.3 Å². The first kappa shape index (κ1) is 13.0. The molecule has 0 fully saturated rings. The summed E-state index contributed by atoms with van der Waals surface area (Å²) in [4.78, 5) is 6.80. The Morgan fingerprint density at radius 2 is 2.00 bits per heavy atom. The minimum Gasteiger partial charge on any atom is -0.357 e. The minimum atomic E-state index is 0.356. The minimum absolute atomic E-state index is 0.356. The molecule has 0 bridgehead atoms. The molecule has 1 unspecified atom stereocenters. The normalized spacial score (nSPS) is 12.5. The number of nitrogens with one attached hydrogen (secondary N) is 1. The van der Waals surface area contributed by atoms with Crippen molar-refractivity contribution in [3.63, 3.8) is 0 Å². The molecule has 0 spiro atoms. The van der Waals surface area contributed by atoms with Crippen molar-refractivity contribution in [2.75, 3.05) is 24.5 Å². The van der Waals surface area contributed by atoms with Gasteiger partial charge in [-0.15, -0.1) is 0 Å². The molecule has 0 amide bonds. The standard InChI is InChI=1S/C13H23N3/c1-5-14-11(4)12-9-8-10-15-13(12)16(6-2)7-3/h8-11,14H,5-7H2,1-4H3. The highest BCUT2D eigenvalue weighted by molar-refractivity contribution is 5.48. The average Bonchev–Trinajstić information content (AvgIpc) is 2.31. The number of hydrogen-bond donors (Lipinski definition) is 1. The van der Waals surface area contributed by atoms with Gasteiger partial charge in [-0.3, -0.25) is 0 Å². The van der Waals surface area contributed by atoms with E-state index >= 15 is 0 Å². The van der Waals surface area contributed by atoms with Crippen LogP contribution < -0.4 is 10.2 Å². The van der Waals surface area contributed by atoms with Crippen LogP contribution in [0, 0.1) is 0 Å². The fourth-order valence-electron chi connectivity index (χ4n) is 1.95. The lowest BCUT2D eigenvalue weighted by Crippen LogP contribution is -2.27. The number of anilines is 1. The molecule has 3 nitrogen and oxygen atoms in total. The zero-order valence-corrected chi connectivity index (χ0v) is 10.8. The van der Waals surface area contributed by atoms with E-state index in [0.29, 0.717) is 6.04 Å². The van der Waals surface area contributed by atoms with Crippen molar-refractivity contribution in [2.24, 2.45) is 0 Å². The second-order valence-corrected chi connectivity index (χ2v) is 3.87. The first-order valence-corrected chi connectivity index (χ1v) is 6.17. The highest BCUT2D eigenvalue weighted by atomic mass is 15.2. The van der Waals surface area contributed by atoms with E-state index in [0.717, 1.165) is 25.5 Å². The van der Waals surface area contributed by atoms with Crippen LogP contribution in [-0.2, 0) is 0 Å². The quantitative estimate of drug-likeness (QED) is 0.800. The third-order valence-electron chi connectivity index (χ3n) is 2.86. The summed E-state index contributed by atoms with van der Waals surface area (Å²) in [6.07, 6.45) is 1.87. The molecule has 1 aromatic rings. The Kier molecular flexibility index (Phi) is 5.26. The number of nitrogens with zero attached hydrogens (tertiary/aromatic N) is 2. The van der Waals surface area contributed by atoms with Gasteiger partial charge in [0.2, 0.25) is 0 Å². The molecule has 90 valence electrons. The molecular weight excluding hydrogens is 198 g/mol. The smallest absolute Gasteiger partial charge is 0.133 e.